The van der Waals surface area contributed by atoms with Crippen LogP contribution in [0.15, 0.2) is 12.3 Å². The van der Waals surface area contributed by atoms with Gasteiger partial charge in [0.15, 0.2) is 5.82 Å². The first-order valence-electron chi connectivity index (χ1n) is 6.08. The highest BCUT2D eigenvalue weighted by Crippen LogP contribution is 2.18. The topological polar surface area (TPSA) is 69.6 Å². The summed E-state index contributed by atoms with van der Waals surface area (Å²) in [5.74, 6) is 0.791. The Hall–Kier alpha value is -1.41. The van der Waals surface area contributed by atoms with Crippen LogP contribution in [-0.2, 0) is 10.0 Å². The summed E-state index contributed by atoms with van der Waals surface area (Å²) in [4.78, 5) is 4.02. The maximum absolute atomic E-state index is 11.4. The van der Waals surface area contributed by atoms with Crippen LogP contribution in [0.3, 0.4) is 0 Å². The van der Waals surface area contributed by atoms with Gasteiger partial charge in [-0.3, -0.25) is 0 Å². The summed E-state index contributed by atoms with van der Waals surface area (Å²) in [5.41, 5.74) is 0.982. The Balaban J connectivity index is 2.07. The average molecular weight is 285 g/mol. The quantitative estimate of drug-likeness (QED) is 0.754. The van der Waals surface area contributed by atoms with Gasteiger partial charge in [-0.2, -0.15) is 9.40 Å². The summed E-state index contributed by atoms with van der Waals surface area (Å²) in [7, 11) is 0.803. The lowest BCUT2D eigenvalue weighted by molar-refractivity contribution is 0.386. The number of anilines is 2. The molecule has 0 spiro atoms. The highest BCUT2D eigenvalue weighted by atomic mass is 32.2. The molecule has 1 fully saturated rings. The summed E-state index contributed by atoms with van der Waals surface area (Å²) in [6.07, 6.45) is 2.95. The van der Waals surface area contributed by atoms with Crippen molar-refractivity contribution in [3.63, 3.8) is 0 Å². The number of hydrogen-bond donors (Lipinski definition) is 0. The van der Waals surface area contributed by atoms with E-state index in [0.717, 1.165) is 11.5 Å². The van der Waals surface area contributed by atoms with E-state index in [2.05, 4.69) is 15.1 Å². The molecule has 0 unspecified atom stereocenters. The van der Waals surface area contributed by atoms with E-state index in [1.807, 2.05) is 25.1 Å². The summed E-state index contributed by atoms with van der Waals surface area (Å²) < 4.78 is 24.4. The van der Waals surface area contributed by atoms with Crippen LogP contribution in [0.5, 0.6) is 0 Å². The van der Waals surface area contributed by atoms with Gasteiger partial charge in [-0.05, 0) is 0 Å². The third-order valence-electron chi connectivity index (χ3n) is 3.18. The molecule has 0 N–H and O–H groups in total. The summed E-state index contributed by atoms with van der Waals surface area (Å²) in [6.45, 7) is 2.26. The molecule has 19 heavy (non-hydrogen) atoms. The fourth-order valence-electron chi connectivity index (χ4n) is 1.99. The lowest BCUT2D eigenvalue weighted by Crippen LogP contribution is -2.48. The zero-order valence-electron chi connectivity index (χ0n) is 11.4. The van der Waals surface area contributed by atoms with Crippen LogP contribution in [0.2, 0.25) is 0 Å². The van der Waals surface area contributed by atoms with E-state index in [0.29, 0.717) is 26.2 Å². The van der Waals surface area contributed by atoms with E-state index in [1.165, 1.54) is 10.6 Å². The molecule has 0 amide bonds. The summed E-state index contributed by atoms with van der Waals surface area (Å²) in [5, 5.41) is 8.10. The number of sulfonamides is 1. The Labute approximate surface area is 113 Å². The van der Waals surface area contributed by atoms with Gasteiger partial charge in [-0.1, -0.05) is 0 Å². The molecule has 106 valence electrons. The van der Waals surface area contributed by atoms with Crippen molar-refractivity contribution < 1.29 is 8.42 Å². The van der Waals surface area contributed by atoms with Crippen LogP contribution in [-0.4, -0.2) is 69.5 Å². The molecule has 1 aromatic heterocycles. The van der Waals surface area contributed by atoms with Gasteiger partial charge in [0.25, 0.3) is 0 Å². The van der Waals surface area contributed by atoms with Crippen LogP contribution in [0.25, 0.3) is 0 Å². The Morgan fingerprint density at radius 1 is 1.21 bits per heavy atom. The van der Waals surface area contributed by atoms with Crippen molar-refractivity contribution in [2.24, 2.45) is 0 Å². The monoisotopic (exact) mass is 285 g/mol. The highest BCUT2D eigenvalue weighted by Gasteiger charge is 2.24. The van der Waals surface area contributed by atoms with Crippen molar-refractivity contribution in [1.82, 2.24) is 14.5 Å². The van der Waals surface area contributed by atoms with E-state index < -0.39 is 10.0 Å². The van der Waals surface area contributed by atoms with Crippen LogP contribution in [0.4, 0.5) is 11.5 Å². The van der Waals surface area contributed by atoms with Crippen LogP contribution in [0.1, 0.15) is 0 Å². The van der Waals surface area contributed by atoms with E-state index in [-0.39, 0.29) is 0 Å². The van der Waals surface area contributed by atoms with Gasteiger partial charge in [0.1, 0.15) is 0 Å². The van der Waals surface area contributed by atoms with E-state index in [1.54, 1.807) is 6.20 Å². The normalized spacial score (nSPS) is 17.5. The van der Waals surface area contributed by atoms with Crippen molar-refractivity contribution in [2.45, 2.75) is 0 Å². The van der Waals surface area contributed by atoms with Crippen LogP contribution >= 0.6 is 0 Å². The van der Waals surface area contributed by atoms with E-state index in [9.17, 15) is 8.42 Å². The molecule has 2 heterocycles. The molecule has 2 rings (SSSR count). The van der Waals surface area contributed by atoms with Crippen molar-refractivity contribution in [2.75, 3.05) is 56.3 Å². The first-order valence-corrected chi connectivity index (χ1v) is 7.93. The predicted molar refractivity (Wildman–Crippen MR) is 75.0 cm³/mol. The fraction of sp³-hybridized carbons (Fsp3) is 0.636. The van der Waals surface area contributed by atoms with Gasteiger partial charge in [0.05, 0.1) is 18.1 Å². The Morgan fingerprint density at radius 3 is 2.37 bits per heavy atom. The second kappa shape index (κ2) is 5.30. The standard InChI is InChI=1S/C11H19N5O2S/c1-14(2)10-8-11(13-12-9-10)15-4-6-16(7-5-15)19(3,17)18/h8-9H,4-7H2,1-3H3. The minimum atomic E-state index is -3.09. The van der Waals surface area contributed by atoms with Crippen molar-refractivity contribution in [3.05, 3.63) is 12.3 Å². The smallest absolute Gasteiger partial charge is 0.211 e. The third kappa shape index (κ3) is 3.32. The van der Waals surface area contributed by atoms with Crippen molar-refractivity contribution in [1.29, 1.82) is 0 Å². The predicted octanol–water partition coefficient (Wildman–Crippen LogP) is -0.376. The molecule has 1 saturated heterocycles. The zero-order chi connectivity index (χ0) is 14.0. The maximum atomic E-state index is 11.4. The SMILES string of the molecule is CN(C)c1cnnc(N2CCN(S(C)(=O)=O)CC2)c1. The largest absolute Gasteiger partial charge is 0.376 e. The highest BCUT2D eigenvalue weighted by molar-refractivity contribution is 7.88. The summed E-state index contributed by atoms with van der Waals surface area (Å²) >= 11 is 0. The maximum Gasteiger partial charge on any atom is 0.211 e. The molecule has 7 nitrogen and oxygen atoms in total. The molecule has 0 bridgehead atoms. The Bertz CT molecular complexity index is 538. The first kappa shape index (κ1) is 14.0. The molecule has 0 aliphatic carbocycles. The molecule has 0 aromatic carbocycles. The van der Waals surface area contributed by atoms with Gasteiger partial charge in [-0.15, -0.1) is 5.10 Å². The fourth-order valence-corrected chi connectivity index (χ4v) is 2.82. The van der Waals surface area contributed by atoms with Gasteiger partial charge in [-0.25, -0.2) is 8.42 Å². The lowest BCUT2D eigenvalue weighted by atomic mass is 10.3. The molecule has 0 atom stereocenters. The average Bonchev–Trinajstić information content (AvgIpc) is 2.38. The van der Waals surface area contributed by atoms with Gasteiger partial charge in [0, 0.05) is 46.3 Å². The number of hydrogen-bond acceptors (Lipinski definition) is 6. The summed E-state index contributed by atoms with van der Waals surface area (Å²) in [6, 6.07) is 1.96. The number of nitrogens with zero attached hydrogens (tertiary/aromatic N) is 5. The molecule has 1 aliphatic heterocycles. The minimum absolute atomic E-state index is 0.493. The number of aromatic nitrogens is 2. The minimum Gasteiger partial charge on any atom is -0.376 e. The van der Waals surface area contributed by atoms with Crippen molar-refractivity contribution >= 4 is 21.5 Å². The van der Waals surface area contributed by atoms with Crippen LogP contribution in [0, 0.1) is 0 Å². The first-order chi connectivity index (χ1) is 8.88. The second-order valence-electron chi connectivity index (χ2n) is 4.82. The molecule has 8 heteroatoms. The lowest BCUT2D eigenvalue weighted by Gasteiger charge is -2.33. The third-order valence-corrected chi connectivity index (χ3v) is 4.48. The molecule has 1 aromatic rings. The van der Waals surface area contributed by atoms with E-state index in [4.69, 9.17) is 0 Å². The van der Waals surface area contributed by atoms with Crippen LogP contribution < -0.4 is 9.80 Å². The molecular formula is C11H19N5O2S. The Kier molecular flexibility index (Phi) is 3.91. The van der Waals surface area contributed by atoms with Gasteiger partial charge < -0.3 is 9.80 Å². The molecule has 0 radical (unpaired) electrons. The van der Waals surface area contributed by atoms with Crippen molar-refractivity contribution in [3.8, 4) is 0 Å². The van der Waals surface area contributed by atoms with E-state index >= 15 is 0 Å². The molecule has 1 aliphatic rings. The molecular weight excluding hydrogens is 266 g/mol. The molecule has 0 saturated carbocycles. The second-order valence-corrected chi connectivity index (χ2v) is 6.80. The van der Waals surface area contributed by atoms with Gasteiger partial charge >= 0.3 is 0 Å². The number of rotatable bonds is 3. The zero-order valence-corrected chi connectivity index (χ0v) is 12.3. The number of piperazine rings is 1. The van der Waals surface area contributed by atoms with Gasteiger partial charge in [0.2, 0.25) is 10.0 Å². The Morgan fingerprint density at radius 2 is 1.84 bits per heavy atom.